The monoisotopic (exact) mass is 380 g/mol. The summed E-state index contributed by atoms with van der Waals surface area (Å²) in [5.74, 6) is -0.654. The molecule has 1 amide bonds. The fourth-order valence-electron chi connectivity index (χ4n) is 2.20. The van der Waals surface area contributed by atoms with Gasteiger partial charge in [-0.1, -0.05) is 35.3 Å². The fraction of sp³-hybridized carbons (Fsp3) is 0.222. The molecule has 0 fully saturated rings. The lowest BCUT2D eigenvalue weighted by molar-refractivity contribution is -0.115. The molecule has 7 heteroatoms. The summed E-state index contributed by atoms with van der Waals surface area (Å²) in [6.07, 6.45) is 0.682. The van der Waals surface area contributed by atoms with Crippen molar-refractivity contribution in [1.29, 1.82) is 0 Å². The molecule has 5 nitrogen and oxygen atoms in total. The molecule has 2 rings (SSSR count). The number of anilines is 1. The average Bonchev–Trinajstić information content (AvgIpc) is 2.59. The van der Waals surface area contributed by atoms with Crippen LogP contribution in [0.25, 0.3) is 0 Å². The van der Waals surface area contributed by atoms with Gasteiger partial charge in [0.15, 0.2) is 0 Å². The molecule has 0 saturated heterocycles. The molecule has 0 spiro atoms. The minimum absolute atomic E-state index is 0.146. The molecule has 0 aromatic heterocycles. The number of hydrogen-bond acceptors (Lipinski definition) is 4. The van der Waals surface area contributed by atoms with Crippen molar-refractivity contribution in [2.45, 2.75) is 6.42 Å². The Kier molecular flexibility index (Phi) is 7.25. The maximum Gasteiger partial charge on any atom is 0.337 e. The second-order valence-electron chi connectivity index (χ2n) is 5.28. The number of hydrogen-bond donors (Lipinski definition) is 2. The minimum atomic E-state index is -0.450. The van der Waals surface area contributed by atoms with E-state index in [1.165, 1.54) is 7.11 Å². The molecule has 0 bridgehead atoms. The summed E-state index contributed by atoms with van der Waals surface area (Å²) in [4.78, 5) is 23.4. The molecule has 2 aromatic rings. The van der Waals surface area contributed by atoms with Crippen LogP contribution in [-0.4, -0.2) is 32.1 Å². The number of carbonyl (C=O) groups is 2. The number of methoxy groups -OCH3 is 1. The first-order valence-corrected chi connectivity index (χ1v) is 8.38. The Morgan fingerprint density at radius 3 is 2.64 bits per heavy atom. The second-order valence-corrected chi connectivity index (χ2v) is 6.13. The van der Waals surface area contributed by atoms with Crippen LogP contribution in [0.2, 0.25) is 10.0 Å². The Balaban J connectivity index is 1.78. The summed E-state index contributed by atoms with van der Waals surface area (Å²) in [6.45, 7) is 0.741. The summed E-state index contributed by atoms with van der Waals surface area (Å²) in [6, 6.07) is 11.9. The van der Waals surface area contributed by atoms with Crippen LogP contribution in [0.5, 0.6) is 0 Å². The molecule has 25 heavy (non-hydrogen) atoms. The third kappa shape index (κ3) is 6.05. The van der Waals surface area contributed by atoms with Crippen molar-refractivity contribution < 1.29 is 14.3 Å². The summed E-state index contributed by atoms with van der Waals surface area (Å²) in [5, 5.41) is 6.98. The molecule has 0 radical (unpaired) electrons. The van der Waals surface area contributed by atoms with Crippen LogP contribution < -0.4 is 10.6 Å². The standard InChI is InChI=1S/C18H18Cl2N2O3/c1-25-18(24)13-3-2-4-15(9-13)22-17(23)11-21-8-7-12-5-6-14(19)10-16(12)20/h2-6,9-10,21H,7-8,11H2,1H3,(H,22,23). The molecule has 0 aliphatic heterocycles. The third-order valence-corrected chi connectivity index (χ3v) is 4.03. The van der Waals surface area contributed by atoms with Gasteiger partial charge in [0, 0.05) is 15.7 Å². The van der Waals surface area contributed by atoms with Gasteiger partial charge in [0.05, 0.1) is 19.2 Å². The number of amides is 1. The van der Waals surface area contributed by atoms with Crippen LogP contribution in [0.15, 0.2) is 42.5 Å². The number of halogens is 2. The topological polar surface area (TPSA) is 67.4 Å². The van der Waals surface area contributed by atoms with Gasteiger partial charge in [-0.2, -0.15) is 0 Å². The molecule has 0 atom stereocenters. The Morgan fingerprint density at radius 1 is 1.12 bits per heavy atom. The molecule has 0 heterocycles. The first-order chi connectivity index (χ1) is 12.0. The number of ether oxygens (including phenoxy) is 1. The van der Waals surface area contributed by atoms with Gasteiger partial charge in [0.2, 0.25) is 5.91 Å². The highest BCUT2D eigenvalue weighted by molar-refractivity contribution is 6.35. The zero-order chi connectivity index (χ0) is 18.2. The predicted octanol–water partition coefficient (Wildman–Crippen LogP) is 3.55. The summed E-state index contributed by atoms with van der Waals surface area (Å²) in [7, 11) is 1.31. The first kappa shape index (κ1) is 19.2. The smallest absolute Gasteiger partial charge is 0.337 e. The minimum Gasteiger partial charge on any atom is -0.465 e. The average molecular weight is 381 g/mol. The van der Waals surface area contributed by atoms with Crippen LogP contribution >= 0.6 is 23.2 Å². The molecule has 0 unspecified atom stereocenters. The van der Waals surface area contributed by atoms with Gasteiger partial charge in [-0.25, -0.2) is 4.79 Å². The van der Waals surface area contributed by atoms with Crippen molar-refractivity contribution >= 4 is 40.8 Å². The third-order valence-electron chi connectivity index (χ3n) is 3.44. The second kappa shape index (κ2) is 9.42. The van der Waals surface area contributed by atoms with Crippen molar-refractivity contribution in [2.75, 3.05) is 25.5 Å². The van der Waals surface area contributed by atoms with E-state index in [4.69, 9.17) is 23.2 Å². The van der Waals surface area contributed by atoms with E-state index >= 15 is 0 Å². The summed E-state index contributed by atoms with van der Waals surface area (Å²) < 4.78 is 4.65. The van der Waals surface area contributed by atoms with Crippen LogP contribution in [0, 0.1) is 0 Å². The number of esters is 1. The highest BCUT2D eigenvalue weighted by Gasteiger charge is 2.08. The molecule has 2 aromatic carbocycles. The molecule has 0 aliphatic carbocycles. The van der Waals surface area contributed by atoms with Crippen LogP contribution in [0.3, 0.4) is 0 Å². The van der Waals surface area contributed by atoms with Gasteiger partial charge in [0.1, 0.15) is 0 Å². The largest absolute Gasteiger partial charge is 0.465 e. The van der Waals surface area contributed by atoms with E-state index in [-0.39, 0.29) is 12.5 Å². The summed E-state index contributed by atoms with van der Waals surface area (Å²) in [5.41, 5.74) is 1.88. The van der Waals surface area contributed by atoms with Gasteiger partial charge in [-0.15, -0.1) is 0 Å². The van der Waals surface area contributed by atoms with Crippen molar-refractivity contribution in [3.8, 4) is 0 Å². The van der Waals surface area contributed by atoms with Crippen LogP contribution in [0.1, 0.15) is 15.9 Å². The van der Waals surface area contributed by atoms with Crippen molar-refractivity contribution in [3.63, 3.8) is 0 Å². The van der Waals surface area contributed by atoms with Crippen LogP contribution in [-0.2, 0) is 16.0 Å². The Morgan fingerprint density at radius 2 is 1.92 bits per heavy atom. The number of carbonyl (C=O) groups excluding carboxylic acids is 2. The van der Waals surface area contributed by atoms with Gasteiger partial charge >= 0.3 is 5.97 Å². The Hall–Kier alpha value is -2.08. The maximum absolute atomic E-state index is 12.0. The lowest BCUT2D eigenvalue weighted by Gasteiger charge is -2.09. The Labute approximate surface area is 156 Å². The molecular weight excluding hydrogens is 363 g/mol. The zero-order valence-electron chi connectivity index (χ0n) is 13.6. The van der Waals surface area contributed by atoms with Crippen molar-refractivity contribution in [2.24, 2.45) is 0 Å². The normalized spacial score (nSPS) is 10.4. The lowest BCUT2D eigenvalue weighted by Crippen LogP contribution is -2.29. The van der Waals surface area contributed by atoms with Crippen LogP contribution in [0.4, 0.5) is 5.69 Å². The van der Waals surface area contributed by atoms with E-state index in [0.29, 0.717) is 34.3 Å². The van der Waals surface area contributed by atoms with Crippen molar-refractivity contribution in [1.82, 2.24) is 5.32 Å². The number of nitrogens with one attached hydrogen (secondary N) is 2. The lowest BCUT2D eigenvalue weighted by atomic mass is 10.1. The molecule has 0 aliphatic rings. The maximum atomic E-state index is 12.0. The molecule has 2 N–H and O–H groups in total. The Bertz CT molecular complexity index is 766. The SMILES string of the molecule is COC(=O)c1cccc(NC(=O)CNCCc2ccc(Cl)cc2Cl)c1. The predicted molar refractivity (Wildman–Crippen MR) is 99.4 cm³/mol. The van der Waals surface area contributed by atoms with E-state index < -0.39 is 5.97 Å². The van der Waals surface area contributed by atoms with Gasteiger partial charge in [-0.05, 0) is 48.9 Å². The highest BCUT2D eigenvalue weighted by Crippen LogP contribution is 2.21. The van der Waals surface area contributed by atoms with Crippen molar-refractivity contribution in [3.05, 3.63) is 63.6 Å². The van der Waals surface area contributed by atoms with Gasteiger partial charge in [-0.3, -0.25) is 4.79 Å². The number of benzene rings is 2. The van der Waals surface area contributed by atoms with E-state index in [1.807, 2.05) is 6.07 Å². The van der Waals surface area contributed by atoms with E-state index in [9.17, 15) is 9.59 Å². The van der Waals surface area contributed by atoms with Gasteiger partial charge < -0.3 is 15.4 Å². The van der Waals surface area contributed by atoms with E-state index in [0.717, 1.165) is 5.56 Å². The molecular formula is C18H18Cl2N2O3. The van der Waals surface area contributed by atoms with E-state index in [1.54, 1.807) is 36.4 Å². The first-order valence-electron chi connectivity index (χ1n) is 7.62. The summed E-state index contributed by atoms with van der Waals surface area (Å²) >= 11 is 12.0. The molecule has 0 saturated carbocycles. The quantitative estimate of drug-likeness (QED) is 0.569. The van der Waals surface area contributed by atoms with Gasteiger partial charge in [0.25, 0.3) is 0 Å². The van der Waals surface area contributed by atoms with E-state index in [2.05, 4.69) is 15.4 Å². The zero-order valence-corrected chi connectivity index (χ0v) is 15.2. The number of rotatable bonds is 7. The fourth-order valence-corrected chi connectivity index (χ4v) is 2.70. The molecule has 132 valence electrons. The highest BCUT2D eigenvalue weighted by atomic mass is 35.5.